The van der Waals surface area contributed by atoms with E-state index in [4.69, 9.17) is 4.74 Å². The number of ether oxygens (including phenoxy) is 1. The van der Waals surface area contributed by atoms with Gasteiger partial charge in [-0.05, 0) is 41.1 Å². The number of methoxy groups -OCH3 is 1. The fourth-order valence-electron chi connectivity index (χ4n) is 1.68. The zero-order valence-corrected chi connectivity index (χ0v) is 13.3. The number of nitrogens with zero attached hydrogens (tertiary/aromatic N) is 2. The summed E-state index contributed by atoms with van der Waals surface area (Å²) in [6.07, 6.45) is 3.00. The lowest BCUT2D eigenvalue weighted by atomic mass is 10.3. The van der Waals surface area contributed by atoms with Crippen molar-refractivity contribution in [2.45, 2.75) is 6.92 Å². The standard InChI is InChI=1S/C14H15BrN4O2/c1-3-17-13-8-16-7-11(19-13)14(20)18-9-4-5-12(21-2)10(15)6-9/h4-8H,3H2,1-2H3,(H,17,19)(H,18,20). The van der Waals surface area contributed by atoms with E-state index in [1.165, 1.54) is 6.20 Å². The molecule has 1 aromatic carbocycles. The molecule has 0 saturated carbocycles. The second-order valence-electron chi connectivity index (χ2n) is 4.12. The summed E-state index contributed by atoms with van der Waals surface area (Å²) in [4.78, 5) is 20.3. The second-order valence-corrected chi connectivity index (χ2v) is 4.98. The number of benzene rings is 1. The molecular formula is C14H15BrN4O2. The summed E-state index contributed by atoms with van der Waals surface area (Å²) in [5, 5.41) is 5.78. The van der Waals surface area contributed by atoms with Crippen LogP contribution in [0, 0.1) is 0 Å². The highest BCUT2D eigenvalue weighted by Crippen LogP contribution is 2.27. The van der Waals surface area contributed by atoms with Crippen LogP contribution in [-0.2, 0) is 0 Å². The van der Waals surface area contributed by atoms with E-state index in [-0.39, 0.29) is 11.6 Å². The van der Waals surface area contributed by atoms with Crippen LogP contribution in [-0.4, -0.2) is 29.5 Å². The van der Waals surface area contributed by atoms with Crippen LogP contribution in [0.15, 0.2) is 35.1 Å². The Hall–Kier alpha value is -2.15. The van der Waals surface area contributed by atoms with E-state index in [0.29, 0.717) is 23.8 Å². The molecule has 6 nitrogen and oxygen atoms in total. The lowest BCUT2D eigenvalue weighted by molar-refractivity contribution is 0.102. The van der Waals surface area contributed by atoms with Crippen LogP contribution in [0.1, 0.15) is 17.4 Å². The van der Waals surface area contributed by atoms with Gasteiger partial charge in [-0.15, -0.1) is 0 Å². The van der Waals surface area contributed by atoms with Gasteiger partial charge in [0.15, 0.2) is 0 Å². The summed E-state index contributed by atoms with van der Waals surface area (Å²) in [6, 6.07) is 5.28. The van der Waals surface area contributed by atoms with Gasteiger partial charge in [-0.25, -0.2) is 4.98 Å². The van der Waals surface area contributed by atoms with Crippen molar-refractivity contribution in [3.63, 3.8) is 0 Å². The average Bonchev–Trinajstić information content (AvgIpc) is 2.48. The number of halogens is 1. The zero-order valence-electron chi connectivity index (χ0n) is 11.7. The first-order valence-electron chi connectivity index (χ1n) is 6.35. The number of hydrogen-bond donors (Lipinski definition) is 2. The van der Waals surface area contributed by atoms with Crippen LogP contribution in [0.25, 0.3) is 0 Å². The molecule has 110 valence electrons. The number of carbonyl (C=O) groups is 1. The minimum absolute atomic E-state index is 0.250. The highest BCUT2D eigenvalue weighted by atomic mass is 79.9. The van der Waals surface area contributed by atoms with Gasteiger partial charge in [-0.3, -0.25) is 9.78 Å². The molecule has 2 N–H and O–H groups in total. The van der Waals surface area contributed by atoms with E-state index < -0.39 is 0 Å². The minimum Gasteiger partial charge on any atom is -0.496 e. The fraction of sp³-hybridized carbons (Fsp3) is 0.214. The Morgan fingerprint density at radius 1 is 1.38 bits per heavy atom. The third-order valence-corrected chi connectivity index (χ3v) is 3.25. The molecule has 0 fully saturated rings. The van der Waals surface area contributed by atoms with Crippen LogP contribution in [0.5, 0.6) is 5.75 Å². The van der Waals surface area contributed by atoms with Crippen LogP contribution >= 0.6 is 15.9 Å². The average molecular weight is 351 g/mol. The molecule has 0 aliphatic heterocycles. The molecule has 1 heterocycles. The van der Waals surface area contributed by atoms with Crippen LogP contribution < -0.4 is 15.4 Å². The molecule has 2 aromatic rings. The molecule has 0 radical (unpaired) electrons. The molecule has 0 spiro atoms. The number of carbonyl (C=O) groups excluding carboxylic acids is 1. The van der Waals surface area contributed by atoms with Crippen molar-refractivity contribution in [1.29, 1.82) is 0 Å². The second kappa shape index (κ2) is 7.03. The topological polar surface area (TPSA) is 76.1 Å². The lowest BCUT2D eigenvalue weighted by Gasteiger charge is -2.08. The molecule has 0 saturated heterocycles. The minimum atomic E-state index is -0.320. The smallest absolute Gasteiger partial charge is 0.275 e. The van der Waals surface area contributed by atoms with Crippen molar-refractivity contribution in [3.8, 4) is 5.75 Å². The number of aromatic nitrogens is 2. The summed E-state index contributed by atoms with van der Waals surface area (Å²) in [5.41, 5.74) is 0.892. The van der Waals surface area contributed by atoms with Crippen LogP contribution in [0.4, 0.5) is 11.5 Å². The van der Waals surface area contributed by atoms with E-state index in [1.807, 2.05) is 6.92 Å². The van der Waals surface area contributed by atoms with Crippen molar-refractivity contribution < 1.29 is 9.53 Å². The van der Waals surface area contributed by atoms with E-state index in [0.717, 1.165) is 4.47 Å². The van der Waals surface area contributed by atoms with Gasteiger partial charge in [-0.2, -0.15) is 0 Å². The molecule has 1 amide bonds. The van der Waals surface area contributed by atoms with Gasteiger partial charge in [0.2, 0.25) is 0 Å². The molecule has 1 aromatic heterocycles. The summed E-state index contributed by atoms with van der Waals surface area (Å²) < 4.78 is 5.90. The molecule has 0 bridgehead atoms. The fourth-order valence-corrected chi connectivity index (χ4v) is 2.22. The van der Waals surface area contributed by atoms with Crippen molar-refractivity contribution >= 4 is 33.3 Å². The Kier molecular flexibility index (Phi) is 5.10. The molecule has 0 aliphatic carbocycles. The van der Waals surface area contributed by atoms with Crippen LogP contribution in [0.3, 0.4) is 0 Å². The number of nitrogens with one attached hydrogen (secondary N) is 2. The molecule has 0 aliphatic rings. The first-order chi connectivity index (χ1) is 10.1. The molecule has 0 unspecified atom stereocenters. The number of amides is 1. The number of hydrogen-bond acceptors (Lipinski definition) is 5. The summed E-state index contributed by atoms with van der Waals surface area (Å²) in [5.74, 6) is 0.947. The molecular weight excluding hydrogens is 336 g/mol. The van der Waals surface area contributed by atoms with Crippen molar-refractivity contribution in [2.24, 2.45) is 0 Å². The maximum Gasteiger partial charge on any atom is 0.275 e. The van der Waals surface area contributed by atoms with Crippen LogP contribution in [0.2, 0.25) is 0 Å². The Bertz CT molecular complexity index is 649. The third-order valence-electron chi connectivity index (χ3n) is 2.63. The van der Waals surface area contributed by atoms with Gasteiger partial charge in [0.05, 0.1) is 24.0 Å². The predicted molar refractivity (Wildman–Crippen MR) is 84.8 cm³/mol. The maximum absolute atomic E-state index is 12.1. The third kappa shape index (κ3) is 3.91. The summed E-state index contributed by atoms with van der Waals surface area (Å²) in [6.45, 7) is 2.66. The Morgan fingerprint density at radius 3 is 2.86 bits per heavy atom. The lowest BCUT2D eigenvalue weighted by Crippen LogP contribution is -2.15. The highest BCUT2D eigenvalue weighted by Gasteiger charge is 2.10. The van der Waals surface area contributed by atoms with E-state index >= 15 is 0 Å². The van der Waals surface area contributed by atoms with Gasteiger partial charge < -0.3 is 15.4 Å². The van der Waals surface area contributed by atoms with Gasteiger partial charge in [0, 0.05) is 12.2 Å². The summed E-state index contributed by atoms with van der Waals surface area (Å²) >= 11 is 3.37. The quantitative estimate of drug-likeness (QED) is 0.866. The highest BCUT2D eigenvalue weighted by molar-refractivity contribution is 9.10. The molecule has 7 heteroatoms. The van der Waals surface area contributed by atoms with Crippen molar-refractivity contribution in [2.75, 3.05) is 24.3 Å². The zero-order chi connectivity index (χ0) is 15.2. The Labute approximate surface area is 131 Å². The van der Waals surface area contributed by atoms with Gasteiger partial charge in [0.25, 0.3) is 5.91 Å². The van der Waals surface area contributed by atoms with Gasteiger partial charge in [0.1, 0.15) is 17.3 Å². The Morgan fingerprint density at radius 2 is 2.19 bits per heavy atom. The molecule has 21 heavy (non-hydrogen) atoms. The van der Waals surface area contributed by atoms with Crippen molar-refractivity contribution in [3.05, 3.63) is 40.8 Å². The van der Waals surface area contributed by atoms with Gasteiger partial charge in [-0.1, -0.05) is 0 Å². The van der Waals surface area contributed by atoms with Crippen molar-refractivity contribution in [1.82, 2.24) is 9.97 Å². The molecule has 0 atom stereocenters. The largest absolute Gasteiger partial charge is 0.496 e. The maximum atomic E-state index is 12.1. The SMILES string of the molecule is CCNc1cncc(C(=O)Nc2ccc(OC)c(Br)c2)n1. The first kappa shape index (κ1) is 15.2. The normalized spacial score (nSPS) is 10.0. The number of anilines is 2. The van der Waals surface area contributed by atoms with Gasteiger partial charge >= 0.3 is 0 Å². The monoisotopic (exact) mass is 350 g/mol. The summed E-state index contributed by atoms with van der Waals surface area (Å²) in [7, 11) is 1.58. The Balaban J connectivity index is 2.14. The van der Waals surface area contributed by atoms with E-state index in [1.54, 1.807) is 31.5 Å². The molecule has 2 rings (SSSR count). The van der Waals surface area contributed by atoms with E-state index in [2.05, 4.69) is 36.5 Å². The number of rotatable bonds is 5. The predicted octanol–water partition coefficient (Wildman–Crippen LogP) is 2.93. The first-order valence-corrected chi connectivity index (χ1v) is 7.14. The van der Waals surface area contributed by atoms with E-state index in [9.17, 15) is 4.79 Å².